The lowest BCUT2D eigenvalue weighted by Gasteiger charge is -2.33. The topological polar surface area (TPSA) is 64.6 Å². The highest BCUT2D eigenvalue weighted by Gasteiger charge is 2.34. The number of benzene rings is 1. The minimum atomic E-state index is -0.395. The van der Waals surface area contributed by atoms with Crippen molar-refractivity contribution in [2.24, 2.45) is 11.3 Å². The number of aryl methyl sites for hydroxylation is 1. The summed E-state index contributed by atoms with van der Waals surface area (Å²) in [6, 6.07) is 7.71. The molecule has 0 unspecified atom stereocenters. The smallest absolute Gasteiger partial charge is 0.341 e. The van der Waals surface area contributed by atoms with Crippen molar-refractivity contribution >= 4 is 28.2 Å². The van der Waals surface area contributed by atoms with Crippen molar-refractivity contribution < 1.29 is 19.1 Å². The van der Waals surface area contributed by atoms with Crippen LogP contribution in [0.15, 0.2) is 24.3 Å². The molecule has 162 valence electrons. The third-order valence-electron chi connectivity index (χ3n) is 5.81. The van der Waals surface area contributed by atoms with Gasteiger partial charge in [-0.15, -0.1) is 11.3 Å². The van der Waals surface area contributed by atoms with Crippen molar-refractivity contribution in [1.82, 2.24) is 0 Å². The summed E-state index contributed by atoms with van der Waals surface area (Å²) in [7, 11) is 1.38. The molecule has 1 atom stereocenters. The van der Waals surface area contributed by atoms with E-state index in [9.17, 15) is 9.59 Å². The largest absolute Gasteiger partial charge is 0.484 e. The van der Waals surface area contributed by atoms with E-state index >= 15 is 0 Å². The van der Waals surface area contributed by atoms with Gasteiger partial charge in [0.2, 0.25) is 0 Å². The van der Waals surface area contributed by atoms with Crippen LogP contribution in [0.1, 0.15) is 60.5 Å². The van der Waals surface area contributed by atoms with Gasteiger partial charge in [0.25, 0.3) is 5.91 Å². The minimum Gasteiger partial charge on any atom is -0.484 e. The lowest BCUT2D eigenvalue weighted by atomic mass is 9.72. The van der Waals surface area contributed by atoms with Crippen LogP contribution in [0.2, 0.25) is 0 Å². The van der Waals surface area contributed by atoms with Crippen LogP contribution in [-0.4, -0.2) is 25.6 Å². The van der Waals surface area contributed by atoms with E-state index in [1.54, 1.807) is 0 Å². The fourth-order valence-corrected chi connectivity index (χ4v) is 5.23. The van der Waals surface area contributed by atoms with Gasteiger partial charge in [-0.1, -0.05) is 39.8 Å². The molecule has 0 saturated carbocycles. The Morgan fingerprint density at radius 1 is 1.27 bits per heavy atom. The fourth-order valence-electron chi connectivity index (χ4n) is 3.90. The monoisotopic (exact) mass is 429 g/mol. The van der Waals surface area contributed by atoms with Crippen LogP contribution >= 0.6 is 11.3 Å². The number of thiophene rings is 1. The van der Waals surface area contributed by atoms with Gasteiger partial charge in [-0.05, 0) is 60.3 Å². The number of nitrogens with one attached hydrogen (secondary N) is 1. The molecule has 1 heterocycles. The van der Waals surface area contributed by atoms with E-state index in [1.165, 1.54) is 23.3 Å². The van der Waals surface area contributed by atoms with Crippen LogP contribution in [0.3, 0.4) is 0 Å². The van der Waals surface area contributed by atoms with Crippen LogP contribution in [0, 0.1) is 11.3 Å². The van der Waals surface area contributed by atoms with Gasteiger partial charge in [0.15, 0.2) is 6.61 Å². The zero-order chi connectivity index (χ0) is 21.9. The normalized spacial score (nSPS) is 16.0. The van der Waals surface area contributed by atoms with E-state index in [0.29, 0.717) is 22.2 Å². The number of ether oxygens (including phenoxy) is 2. The third-order valence-corrected chi connectivity index (χ3v) is 6.98. The number of hydrogen-bond donors (Lipinski definition) is 1. The third kappa shape index (κ3) is 5.04. The summed E-state index contributed by atoms with van der Waals surface area (Å²) in [6.07, 6.45) is 3.68. The van der Waals surface area contributed by atoms with E-state index < -0.39 is 5.97 Å². The van der Waals surface area contributed by atoms with Gasteiger partial charge >= 0.3 is 5.97 Å². The van der Waals surface area contributed by atoms with Gasteiger partial charge < -0.3 is 14.8 Å². The maximum absolute atomic E-state index is 12.6. The van der Waals surface area contributed by atoms with E-state index in [4.69, 9.17) is 9.47 Å². The Morgan fingerprint density at radius 3 is 2.70 bits per heavy atom. The first-order valence-corrected chi connectivity index (χ1v) is 11.3. The highest BCUT2D eigenvalue weighted by molar-refractivity contribution is 7.17. The van der Waals surface area contributed by atoms with Gasteiger partial charge in [-0.3, -0.25) is 4.79 Å². The second-order valence-electron chi connectivity index (χ2n) is 8.84. The molecule has 3 rings (SSSR count). The number of anilines is 1. The average molecular weight is 430 g/mol. The number of methoxy groups -OCH3 is 1. The lowest BCUT2D eigenvalue weighted by Crippen LogP contribution is -2.26. The van der Waals surface area contributed by atoms with Gasteiger partial charge in [-0.25, -0.2) is 4.79 Å². The molecule has 1 N–H and O–H groups in total. The van der Waals surface area contributed by atoms with Crippen molar-refractivity contribution in [2.45, 2.75) is 53.4 Å². The summed E-state index contributed by atoms with van der Waals surface area (Å²) in [5, 5.41) is 3.46. The molecule has 0 bridgehead atoms. The molecule has 0 spiro atoms. The lowest BCUT2D eigenvalue weighted by molar-refractivity contribution is -0.118. The number of rotatable bonds is 6. The Morgan fingerprint density at radius 2 is 2.03 bits per heavy atom. The number of hydrogen-bond acceptors (Lipinski definition) is 5. The molecule has 6 heteroatoms. The Balaban J connectivity index is 1.75. The quantitative estimate of drug-likeness (QED) is 0.636. The van der Waals surface area contributed by atoms with Gasteiger partial charge in [0, 0.05) is 4.88 Å². The summed E-state index contributed by atoms with van der Waals surface area (Å²) in [5.41, 5.74) is 2.89. The maximum Gasteiger partial charge on any atom is 0.341 e. The molecule has 0 saturated heterocycles. The number of fused-ring (bicyclic) bond motifs is 1. The van der Waals surface area contributed by atoms with Crippen LogP contribution in [-0.2, 0) is 28.8 Å². The highest BCUT2D eigenvalue weighted by Crippen LogP contribution is 2.44. The zero-order valence-corrected chi connectivity index (χ0v) is 19.3. The fraction of sp³-hybridized carbons (Fsp3) is 0.500. The Bertz CT molecular complexity index is 926. The second kappa shape index (κ2) is 9.21. The molecule has 5 nitrogen and oxygen atoms in total. The number of esters is 1. The van der Waals surface area contributed by atoms with E-state index in [1.807, 2.05) is 24.3 Å². The Hall–Kier alpha value is -2.34. The summed E-state index contributed by atoms with van der Waals surface area (Å²) in [6.45, 7) is 8.73. The molecule has 1 amide bonds. The van der Waals surface area contributed by atoms with Crippen molar-refractivity contribution in [3.05, 3.63) is 45.8 Å². The number of carbonyl (C=O) groups is 2. The van der Waals surface area contributed by atoms with Crippen molar-refractivity contribution in [3.8, 4) is 5.75 Å². The summed E-state index contributed by atoms with van der Waals surface area (Å²) < 4.78 is 10.7. The van der Waals surface area contributed by atoms with Crippen LogP contribution in [0.4, 0.5) is 5.00 Å². The molecular formula is C24H31NO4S. The number of carbonyl (C=O) groups excluding carboxylic acids is 2. The summed E-state index contributed by atoms with van der Waals surface area (Å²) in [4.78, 5) is 26.2. The van der Waals surface area contributed by atoms with Gasteiger partial charge in [0.1, 0.15) is 10.8 Å². The van der Waals surface area contributed by atoms with Crippen LogP contribution in [0.5, 0.6) is 5.75 Å². The van der Waals surface area contributed by atoms with Crippen LogP contribution in [0.25, 0.3) is 0 Å². The van der Waals surface area contributed by atoms with Crippen molar-refractivity contribution in [2.75, 3.05) is 19.0 Å². The molecular weight excluding hydrogens is 398 g/mol. The summed E-state index contributed by atoms with van der Waals surface area (Å²) in [5.74, 6) is 0.532. The molecule has 1 aromatic carbocycles. The van der Waals surface area contributed by atoms with E-state index in [2.05, 4.69) is 33.0 Å². The zero-order valence-electron chi connectivity index (χ0n) is 18.5. The average Bonchev–Trinajstić information content (AvgIpc) is 3.08. The SMILES string of the molecule is CCc1cccc(OCC(=O)Nc2sc3c(c2C(=O)OC)CC[C@H](C(C)(C)C)C3)c1. The van der Waals surface area contributed by atoms with E-state index in [0.717, 1.165) is 36.8 Å². The standard InChI is InChI=1S/C24H31NO4S/c1-6-15-8-7-9-17(12-15)29-14-20(26)25-22-21(23(27)28-5)18-11-10-16(24(2,3)4)13-19(18)30-22/h7-9,12,16H,6,10-11,13-14H2,1-5H3,(H,25,26)/t16-/m0/s1. The summed E-state index contributed by atoms with van der Waals surface area (Å²) >= 11 is 1.49. The van der Waals surface area contributed by atoms with Crippen molar-refractivity contribution in [1.29, 1.82) is 0 Å². The molecule has 1 aliphatic carbocycles. The van der Waals surface area contributed by atoms with Crippen LogP contribution < -0.4 is 10.1 Å². The van der Waals surface area contributed by atoms with Gasteiger partial charge in [-0.2, -0.15) is 0 Å². The van der Waals surface area contributed by atoms with Gasteiger partial charge in [0.05, 0.1) is 12.7 Å². The Kier molecular flexibility index (Phi) is 6.86. The first-order valence-electron chi connectivity index (χ1n) is 10.5. The second-order valence-corrected chi connectivity index (χ2v) is 9.95. The molecule has 0 fully saturated rings. The highest BCUT2D eigenvalue weighted by atomic mass is 32.1. The minimum absolute atomic E-state index is 0.110. The first-order chi connectivity index (χ1) is 14.2. The molecule has 1 aromatic heterocycles. The number of amides is 1. The Labute approximate surface area is 182 Å². The molecule has 2 aromatic rings. The molecule has 0 aliphatic heterocycles. The molecule has 0 radical (unpaired) electrons. The van der Waals surface area contributed by atoms with E-state index in [-0.39, 0.29) is 17.9 Å². The first kappa shape index (κ1) is 22.3. The molecule has 1 aliphatic rings. The van der Waals surface area contributed by atoms with Crippen molar-refractivity contribution in [3.63, 3.8) is 0 Å². The molecule has 30 heavy (non-hydrogen) atoms. The maximum atomic E-state index is 12.6. The predicted octanol–water partition coefficient (Wildman–Crippen LogP) is 5.27. The predicted molar refractivity (Wildman–Crippen MR) is 121 cm³/mol.